The maximum Gasteiger partial charge on any atom is 0.326 e. The number of aliphatic hydroxyl groups is 1. The van der Waals surface area contributed by atoms with Crippen LogP contribution in [-0.4, -0.2) is 80.2 Å². The second kappa shape index (κ2) is 14.1. The summed E-state index contributed by atoms with van der Waals surface area (Å²) in [6.07, 6.45) is -0.590. The number of aliphatic hydroxyl groups excluding tert-OH is 1. The molecule has 0 saturated carbocycles. The number of carboxylic acids is 2. The van der Waals surface area contributed by atoms with Gasteiger partial charge in [0.2, 0.25) is 17.7 Å². The summed E-state index contributed by atoms with van der Waals surface area (Å²) in [6.45, 7) is 1.30. The van der Waals surface area contributed by atoms with E-state index in [9.17, 15) is 39.3 Å². The number of nitrogens with one attached hydrogen (secondary N) is 4. The van der Waals surface area contributed by atoms with Crippen LogP contribution >= 0.6 is 0 Å². The highest BCUT2D eigenvalue weighted by Crippen LogP contribution is 2.19. The lowest BCUT2D eigenvalue weighted by molar-refractivity contribution is -0.143. The Morgan fingerprint density at radius 1 is 0.805 bits per heavy atom. The molecule has 3 rings (SSSR count). The molecule has 0 aliphatic heterocycles. The molecule has 0 saturated heterocycles. The van der Waals surface area contributed by atoms with Gasteiger partial charge < -0.3 is 42.0 Å². The Morgan fingerprint density at radius 3 is 2.02 bits per heavy atom. The summed E-state index contributed by atoms with van der Waals surface area (Å²) < 4.78 is 0. The van der Waals surface area contributed by atoms with Crippen LogP contribution in [0.25, 0.3) is 10.9 Å². The molecule has 0 radical (unpaired) electrons. The number of benzene rings is 2. The molecule has 3 aromatic rings. The highest BCUT2D eigenvalue weighted by atomic mass is 16.4. The molecule has 13 heteroatoms. The summed E-state index contributed by atoms with van der Waals surface area (Å²) in [5.74, 6) is -5.54. The highest BCUT2D eigenvalue weighted by molar-refractivity contribution is 5.96. The third kappa shape index (κ3) is 8.62. The molecule has 0 bridgehead atoms. The largest absolute Gasteiger partial charge is 0.481 e. The van der Waals surface area contributed by atoms with Crippen LogP contribution in [0, 0.1) is 0 Å². The van der Waals surface area contributed by atoms with Crippen molar-refractivity contribution in [3.05, 3.63) is 71.9 Å². The summed E-state index contributed by atoms with van der Waals surface area (Å²) in [6, 6.07) is 10.0. The number of amides is 3. The van der Waals surface area contributed by atoms with E-state index in [1.807, 2.05) is 12.1 Å². The maximum absolute atomic E-state index is 13.3. The van der Waals surface area contributed by atoms with Crippen molar-refractivity contribution in [2.45, 2.75) is 56.5 Å². The van der Waals surface area contributed by atoms with Crippen LogP contribution in [-0.2, 0) is 36.8 Å². The van der Waals surface area contributed by atoms with E-state index in [2.05, 4.69) is 20.9 Å². The van der Waals surface area contributed by atoms with E-state index >= 15 is 0 Å². The fourth-order valence-corrected chi connectivity index (χ4v) is 4.20. The molecule has 5 unspecified atom stereocenters. The van der Waals surface area contributed by atoms with Gasteiger partial charge in [-0.25, -0.2) is 4.79 Å². The van der Waals surface area contributed by atoms with Crippen molar-refractivity contribution in [1.29, 1.82) is 0 Å². The van der Waals surface area contributed by atoms with Crippen molar-refractivity contribution in [2.24, 2.45) is 5.73 Å². The van der Waals surface area contributed by atoms with Crippen molar-refractivity contribution in [3.63, 3.8) is 0 Å². The number of carbonyl (C=O) groups is 5. The summed E-state index contributed by atoms with van der Waals surface area (Å²) in [7, 11) is 0. The molecule has 5 atom stereocenters. The number of hydrogen-bond acceptors (Lipinski definition) is 7. The minimum absolute atomic E-state index is 0.0370. The van der Waals surface area contributed by atoms with Crippen LogP contribution in [0.4, 0.5) is 0 Å². The van der Waals surface area contributed by atoms with Crippen LogP contribution in [0.15, 0.2) is 60.8 Å². The Morgan fingerprint density at radius 2 is 1.39 bits per heavy atom. The number of carboxylic acid groups (broad SMARTS) is 2. The van der Waals surface area contributed by atoms with Crippen molar-refractivity contribution < 1.29 is 39.3 Å². The van der Waals surface area contributed by atoms with E-state index in [4.69, 9.17) is 5.73 Å². The number of aliphatic carboxylic acids is 2. The molecular formula is C28H33N5O8. The van der Waals surface area contributed by atoms with E-state index < -0.39 is 66.4 Å². The average molecular weight is 568 g/mol. The third-order valence-corrected chi connectivity index (χ3v) is 6.46. The fourth-order valence-electron chi connectivity index (χ4n) is 4.20. The molecule has 0 fully saturated rings. The number of fused-ring (bicyclic) bond motifs is 1. The number of carbonyl (C=O) groups excluding carboxylic acids is 3. The van der Waals surface area contributed by atoms with Gasteiger partial charge in [0.1, 0.15) is 24.2 Å². The van der Waals surface area contributed by atoms with Gasteiger partial charge in [0.05, 0.1) is 12.5 Å². The zero-order valence-corrected chi connectivity index (χ0v) is 22.2. The van der Waals surface area contributed by atoms with Gasteiger partial charge in [-0.15, -0.1) is 0 Å². The molecule has 13 nitrogen and oxygen atoms in total. The Labute approximate surface area is 235 Å². The predicted octanol–water partition coefficient (Wildman–Crippen LogP) is -0.325. The zero-order valence-electron chi connectivity index (χ0n) is 22.2. The minimum Gasteiger partial charge on any atom is -0.481 e. The third-order valence-electron chi connectivity index (χ3n) is 6.46. The summed E-state index contributed by atoms with van der Waals surface area (Å²) in [5.41, 5.74) is 7.73. The van der Waals surface area contributed by atoms with E-state index in [0.717, 1.165) is 10.9 Å². The SMILES string of the molecule is CC(O)C(N)C(=O)NC(Cc1ccccc1)C(=O)NC(CC(=O)O)C(=O)NC(Cc1c[nH]c2ccccc12)C(=O)O. The lowest BCUT2D eigenvalue weighted by Gasteiger charge is -2.25. The smallest absolute Gasteiger partial charge is 0.326 e. The Balaban J connectivity index is 1.79. The van der Waals surface area contributed by atoms with E-state index in [-0.39, 0.29) is 12.8 Å². The van der Waals surface area contributed by atoms with Crippen LogP contribution < -0.4 is 21.7 Å². The second-order valence-corrected chi connectivity index (χ2v) is 9.64. The van der Waals surface area contributed by atoms with Crippen molar-refractivity contribution in [1.82, 2.24) is 20.9 Å². The lowest BCUT2D eigenvalue weighted by atomic mass is 10.0. The van der Waals surface area contributed by atoms with Crippen molar-refractivity contribution >= 4 is 40.6 Å². The highest BCUT2D eigenvalue weighted by Gasteiger charge is 2.32. The van der Waals surface area contributed by atoms with Gasteiger partial charge in [-0.2, -0.15) is 0 Å². The average Bonchev–Trinajstić information content (AvgIpc) is 3.34. The van der Waals surface area contributed by atoms with Crippen LogP contribution in [0.1, 0.15) is 24.5 Å². The van der Waals surface area contributed by atoms with Gasteiger partial charge in [0.25, 0.3) is 0 Å². The molecule has 0 aliphatic carbocycles. The Bertz CT molecular complexity index is 1390. The number of aromatic nitrogens is 1. The van der Waals surface area contributed by atoms with E-state index in [1.54, 1.807) is 48.7 Å². The van der Waals surface area contributed by atoms with E-state index in [1.165, 1.54) is 6.92 Å². The predicted molar refractivity (Wildman–Crippen MR) is 147 cm³/mol. The monoisotopic (exact) mass is 567 g/mol. The van der Waals surface area contributed by atoms with Crippen LogP contribution in [0.5, 0.6) is 0 Å². The van der Waals surface area contributed by atoms with Gasteiger partial charge in [-0.1, -0.05) is 48.5 Å². The first kappa shape index (κ1) is 30.8. The first-order chi connectivity index (χ1) is 19.5. The molecule has 0 aliphatic rings. The van der Waals surface area contributed by atoms with Crippen molar-refractivity contribution in [3.8, 4) is 0 Å². The molecule has 2 aromatic carbocycles. The van der Waals surface area contributed by atoms with Gasteiger partial charge in [0, 0.05) is 29.9 Å². The minimum atomic E-state index is -1.66. The second-order valence-electron chi connectivity index (χ2n) is 9.64. The van der Waals surface area contributed by atoms with Crippen LogP contribution in [0.2, 0.25) is 0 Å². The molecule has 0 spiro atoms. The van der Waals surface area contributed by atoms with Gasteiger partial charge >= 0.3 is 11.9 Å². The quantitative estimate of drug-likeness (QED) is 0.128. The molecule has 1 heterocycles. The first-order valence-corrected chi connectivity index (χ1v) is 12.8. The number of para-hydroxylation sites is 1. The molecule has 3 amide bonds. The van der Waals surface area contributed by atoms with Crippen molar-refractivity contribution in [2.75, 3.05) is 0 Å². The zero-order chi connectivity index (χ0) is 30.1. The number of nitrogens with two attached hydrogens (primary N) is 1. The lowest BCUT2D eigenvalue weighted by Crippen LogP contribution is -2.59. The Hall–Kier alpha value is -4.75. The molecular weight excluding hydrogens is 534 g/mol. The molecule has 41 heavy (non-hydrogen) atoms. The number of rotatable bonds is 14. The number of hydrogen-bond donors (Lipinski definition) is 8. The number of aromatic amines is 1. The van der Waals surface area contributed by atoms with Crippen LogP contribution in [0.3, 0.4) is 0 Å². The van der Waals surface area contributed by atoms with Gasteiger partial charge in [-0.05, 0) is 24.1 Å². The summed E-state index contributed by atoms with van der Waals surface area (Å²) >= 11 is 0. The standard InChI is InChI=1S/C28H33N5O8/c1-15(34)24(29)27(39)32-20(11-16-7-3-2-4-8-16)25(37)31-21(13-23(35)36)26(38)33-22(28(40)41)12-17-14-30-19-10-6-5-9-18(17)19/h2-10,14-15,20-22,24,30,34H,11-13,29H2,1H3,(H,31,37)(H,32,39)(H,33,38)(H,35,36)(H,40,41). The van der Waals surface area contributed by atoms with Gasteiger partial charge in [-0.3, -0.25) is 19.2 Å². The first-order valence-electron chi connectivity index (χ1n) is 12.8. The molecule has 9 N–H and O–H groups in total. The van der Waals surface area contributed by atoms with Gasteiger partial charge in [0.15, 0.2) is 0 Å². The molecule has 1 aromatic heterocycles. The topological polar surface area (TPSA) is 224 Å². The molecule has 218 valence electrons. The normalized spacial score (nSPS) is 14.7. The summed E-state index contributed by atoms with van der Waals surface area (Å²) in [4.78, 5) is 65.5. The number of H-pyrrole nitrogens is 1. The van der Waals surface area contributed by atoms with E-state index in [0.29, 0.717) is 11.1 Å². The summed E-state index contributed by atoms with van der Waals surface area (Å²) in [5, 5.41) is 36.7. The maximum atomic E-state index is 13.3. The Kier molecular flexibility index (Phi) is 10.6. The fraction of sp³-hybridized carbons (Fsp3) is 0.321.